The number of amides is 2. The second-order valence-electron chi connectivity index (χ2n) is 10.7. The molecule has 1 N–H and O–H groups in total. The maximum absolute atomic E-state index is 13.9. The quantitative estimate of drug-likeness (QED) is 0.409. The number of hydrogen-bond acceptors (Lipinski definition) is 7. The van der Waals surface area contributed by atoms with Crippen LogP contribution in [0.4, 0.5) is 0 Å². The number of piperidine rings is 1. The van der Waals surface area contributed by atoms with Crippen LogP contribution in [0.1, 0.15) is 63.9 Å². The highest BCUT2D eigenvalue weighted by Gasteiger charge is 2.37. The Balaban J connectivity index is 1.30. The van der Waals surface area contributed by atoms with Gasteiger partial charge in [-0.25, -0.2) is 0 Å². The van der Waals surface area contributed by atoms with Crippen molar-refractivity contribution < 1.29 is 9.59 Å². The second kappa shape index (κ2) is 13.3. The summed E-state index contributed by atoms with van der Waals surface area (Å²) in [5, 5.41) is 18.0. The molecule has 10 heteroatoms. The van der Waals surface area contributed by atoms with Crippen molar-refractivity contribution in [2.24, 2.45) is 0 Å². The molecule has 1 unspecified atom stereocenters. The summed E-state index contributed by atoms with van der Waals surface area (Å²) in [6.07, 6.45) is 7.79. The van der Waals surface area contributed by atoms with Crippen LogP contribution in [0.2, 0.25) is 0 Å². The predicted molar refractivity (Wildman–Crippen MR) is 152 cm³/mol. The first-order valence-corrected chi connectivity index (χ1v) is 15.2. The Morgan fingerprint density at radius 3 is 2.51 bits per heavy atom. The summed E-state index contributed by atoms with van der Waals surface area (Å²) in [5.74, 6) is 0.355. The summed E-state index contributed by atoms with van der Waals surface area (Å²) in [4.78, 5) is 34.0. The van der Waals surface area contributed by atoms with E-state index in [4.69, 9.17) is 0 Å². The third kappa shape index (κ3) is 7.10. The summed E-state index contributed by atoms with van der Waals surface area (Å²) in [7, 11) is 0. The van der Waals surface area contributed by atoms with Crippen LogP contribution in [0.3, 0.4) is 0 Å². The topological polar surface area (TPSA) is 96.2 Å². The first-order chi connectivity index (χ1) is 19.1. The van der Waals surface area contributed by atoms with E-state index in [1.165, 1.54) is 28.1 Å². The molecule has 2 aliphatic rings. The van der Waals surface area contributed by atoms with Crippen molar-refractivity contribution in [3.05, 3.63) is 53.4 Å². The third-order valence-corrected chi connectivity index (χ3v) is 8.80. The van der Waals surface area contributed by atoms with E-state index in [1.807, 2.05) is 35.4 Å². The molecular weight excluding hydrogens is 510 g/mol. The minimum absolute atomic E-state index is 0.00753. The van der Waals surface area contributed by atoms with E-state index in [0.717, 1.165) is 63.0 Å². The smallest absolute Gasteiger partial charge is 0.247 e. The van der Waals surface area contributed by atoms with Gasteiger partial charge in [-0.1, -0.05) is 62.6 Å². The molecule has 3 heterocycles. The average Bonchev–Trinajstić information content (AvgIpc) is 3.66. The molecule has 0 radical (unpaired) electrons. The van der Waals surface area contributed by atoms with Gasteiger partial charge in [0.15, 0.2) is 0 Å². The fourth-order valence-corrected chi connectivity index (χ4v) is 6.55. The summed E-state index contributed by atoms with van der Waals surface area (Å²) < 4.78 is 0. The number of rotatable bonds is 10. The number of hydrogen-bond donors (Lipinski definition) is 1. The average molecular weight is 550 g/mol. The van der Waals surface area contributed by atoms with Gasteiger partial charge in [0.2, 0.25) is 17.6 Å². The zero-order chi connectivity index (χ0) is 27.0. The zero-order valence-electron chi connectivity index (χ0n) is 22.7. The number of tetrazole rings is 1. The van der Waals surface area contributed by atoms with E-state index in [2.05, 4.69) is 49.9 Å². The van der Waals surface area contributed by atoms with Gasteiger partial charge >= 0.3 is 0 Å². The van der Waals surface area contributed by atoms with Gasteiger partial charge in [0.05, 0.1) is 4.88 Å². The summed E-state index contributed by atoms with van der Waals surface area (Å²) in [6.45, 7) is 4.63. The van der Waals surface area contributed by atoms with Crippen LogP contribution in [0.15, 0.2) is 47.8 Å². The van der Waals surface area contributed by atoms with Crippen LogP contribution in [-0.4, -0.2) is 73.0 Å². The van der Waals surface area contributed by atoms with Gasteiger partial charge in [0.1, 0.15) is 12.6 Å². The van der Waals surface area contributed by atoms with E-state index in [-0.39, 0.29) is 30.4 Å². The van der Waals surface area contributed by atoms with Gasteiger partial charge in [-0.3, -0.25) is 14.5 Å². The lowest BCUT2D eigenvalue weighted by Crippen LogP contribution is -2.58. The molecule has 0 spiro atoms. The van der Waals surface area contributed by atoms with E-state index >= 15 is 0 Å². The Hall–Kier alpha value is -3.11. The van der Waals surface area contributed by atoms with Crippen LogP contribution in [-0.2, 0) is 22.7 Å². The van der Waals surface area contributed by atoms with Crippen molar-refractivity contribution >= 4 is 23.2 Å². The van der Waals surface area contributed by atoms with Gasteiger partial charge in [0, 0.05) is 31.7 Å². The van der Waals surface area contributed by atoms with Crippen molar-refractivity contribution in [1.29, 1.82) is 0 Å². The summed E-state index contributed by atoms with van der Waals surface area (Å²) in [6, 6.07) is 14.0. The molecule has 1 aliphatic carbocycles. The fourth-order valence-electron chi connectivity index (χ4n) is 5.90. The Kier molecular flexibility index (Phi) is 9.36. The van der Waals surface area contributed by atoms with Crippen LogP contribution in [0, 0.1) is 0 Å². The van der Waals surface area contributed by atoms with Gasteiger partial charge < -0.3 is 10.2 Å². The molecule has 1 saturated heterocycles. The molecule has 208 valence electrons. The number of nitrogens with zero attached hydrogens (tertiary/aromatic N) is 6. The molecule has 2 aromatic heterocycles. The fraction of sp³-hybridized carbons (Fsp3) is 0.552. The van der Waals surface area contributed by atoms with Crippen LogP contribution in [0.5, 0.6) is 0 Å². The van der Waals surface area contributed by atoms with Crippen molar-refractivity contribution in [2.75, 3.05) is 13.1 Å². The molecule has 2 amide bonds. The minimum Gasteiger partial charge on any atom is -0.352 e. The molecular formula is C29H39N7O2S. The number of carbonyl (C=O) groups is 2. The first kappa shape index (κ1) is 27.5. The molecule has 1 aromatic carbocycles. The predicted octanol–water partition coefficient (Wildman–Crippen LogP) is 4.12. The van der Waals surface area contributed by atoms with Gasteiger partial charge in [-0.15, -0.1) is 21.5 Å². The van der Waals surface area contributed by atoms with E-state index in [1.54, 1.807) is 0 Å². The molecule has 2 fully saturated rings. The lowest BCUT2D eigenvalue weighted by molar-refractivity contribution is -0.146. The van der Waals surface area contributed by atoms with E-state index in [9.17, 15) is 9.59 Å². The highest BCUT2D eigenvalue weighted by molar-refractivity contribution is 7.13. The number of carbonyl (C=O) groups excluding carboxylic acids is 2. The Morgan fingerprint density at radius 1 is 1.05 bits per heavy atom. The first-order valence-electron chi connectivity index (χ1n) is 14.3. The molecule has 3 aromatic rings. The molecule has 1 aliphatic heterocycles. The zero-order valence-corrected chi connectivity index (χ0v) is 23.6. The van der Waals surface area contributed by atoms with Gasteiger partial charge in [-0.2, -0.15) is 4.80 Å². The molecule has 0 bridgehead atoms. The lowest BCUT2D eigenvalue weighted by atomic mass is 9.94. The maximum Gasteiger partial charge on any atom is 0.247 e. The molecule has 5 rings (SSSR count). The highest BCUT2D eigenvalue weighted by atomic mass is 32.1. The highest BCUT2D eigenvalue weighted by Crippen LogP contribution is 2.24. The van der Waals surface area contributed by atoms with Crippen LogP contribution < -0.4 is 5.32 Å². The Bertz CT molecular complexity index is 1190. The van der Waals surface area contributed by atoms with E-state index < -0.39 is 6.04 Å². The largest absolute Gasteiger partial charge is 0.352 e. The molecule has 1 saturated carbocycles. The lowest BCUT2D eigenvalue weighted by Gasteiger charge is -2.42. The monoisotopic (exact) mass is 549 g/mol. The van der Waals surface area contributed by atoms with Gasteiger partial charge in [-0.05, 0) is 54.3 Å². The van der Waals surface area contributed by atoms with Crippen molar-refractivity contribution in [2.45, 2.75) is 89.5 Å². The molecule has 9 nitrogen and oxygen atoms in total. The number of nitrogens with one attached hydrogen (secondary N) is 1. The number of aromatic nitrogens is 4. The van der Waals surface area contributed by atoms with Crippen molar-refractivity contribution in [1.82, 2.24) is 35.3 Å². The number of likely N-dealkylation sites (tertiary alicyclic amines) is 1. The normalized spacial score (nSPS) is 18.1. The third-order valence-electron chi connectivity index (χ3n) is 7.94. The Morgan fingerprint density at radius 2 is 1.82 bits per heavy atom. The van der Waals surface area contributed by atoms with Crippen LogP contribution >= 0.6 is 11.3 Å². The van der Waals surface area contributed by atoms with Gasteiger partial charge in [0.25, 0.3) is 0 Å². The number of benzene rings is 1. The molecule has 39 heavy (non-hydrogen) atoms. The second-order valence-corrected chi connectivity index (χ2v) is 11.6. The van der Waals surface area contributed by atoms with Crippen molar-refractivity contribution in [3.63, 3.8) is 0 Å². The standard InChI is InChI=1S/C29H39N7O2S/c1-2-25(29(38)30-23-12-7-4-8-13-23)36(24-15-17-34(18-16-24)20-22-10-5-3-6-11-22)27(37)21-35-32-28(31-33-35)26-14-9-19-39-26/h3,5-6,9-11,14,19,23-25H,2,4,7-8,12-13,15-18,20-21H2,1H3,(H,30,38). The summed E-state index contributed by atoms with van der Waals surface area (Å²) in [5.41, 5.74) is 1.29. The number of thiophene rings is 1. The Labute approximate surface area is 234 Å². The van der Waals surface area contributed by atoms with Crippen molar-refractivity contribution in [3.8, 4) is 10.7 Å². The maximum atomic E-state index is 13.9. The van der Waals surface area contributed by atoms with E-state index in [0.29, 0.717) is 12.2 Å². The van der Waals surface area contributed by atoms with Crippen LogP contribution in [0.25, 0.3) is 10.7 Å². The molecule has 1 atom stereocenters. The minimum atomic E-state index is -0.509. The summed E-state index contributed by atoms with van der Waals surface area (Å²) >= 11 is 1.54. The SMILES string of the molecule is CCC(C(=O)NC1CCCCC1)N(C(=O)Cn1nnc(-c2cccs2)n1)C1CCN(Cc2ccccc2)CC1.